The Kier molecular flexibility index (Phi) is 7.86. The van der Waals surface area contributed by atoms with E-state index in [1.165, 1.54) is 0 Å². The molecule has 0 spiro atoms. The molecule has 1 fully saturated rings. The van der Waals surface area contributed by atoms with Gasteiger partial charge in [0.25, 0.3) is 5.91 Å². The molecule has 0 bridgehead atoms. The van der Waals surface area contributed by atoms with Gasteiger partial charge in [-0.15, -0.1) is 12.4 Å². The molecule has 0 saturated carbocycles. The molecule has 0 radical (unpaired) electrons. The van der Waals surface area contributed by atoms with E-state index in [0.717, 1.165) is 49.1 Å². The zero-order valence-electron chi connectivity index (χ0n) is 13.5. The maximum Gasteiger partial charge on any atom is 0.275 e. The Labute approximate surface area is 147 Å². The van der Waals surface area contributed by atoms with Crippen LogP contribution in [0, 0.1) is 0 Å². The summed E-state index contributed by atoms with van der Waals surface area (Å²) >= 11 is 3.54. The number of hydrogen-bond acceptors (Lipinski definition) is 3. The lowest BCUT2D eigenvalue weighted by atomic mass is 10.0. The van der Waals surface area contributed by atoms with Gasteiger partial charge in [-0.1, -0.05) is 20.8 Å². The van der Waals surface area contributed by atoms with Crippen LogP contribution in [-0.4, -0.2) is 46.7 Å². The summed E-state index contributed by atoms with van der Waals surface area (Å²) in [4.78, 5) is 14.9. The van der Waals surface area contributed by atoms with Gasteiger partial charge >= 0.3 is 0 Å². The van der Waals surface area contributed by atoms with Crippen LogP contribution in [0.2, 0.25) is 0 Å². The fourth-order valence-corrected chi connectivity index (χ4v) is 3.62. The summed E-state index contributed by atoms with van der Waals surface area (Å²) < 4.78 is 0.817. The second-order valence-electron chi connectivity index (χ2n) is 5.93. The third-order valence-electron chi connectivity index (χ3n) is 3.99. The fraction of sp³-hybridized carbons (Fsp3) is 0.733. The van der Waals surface area contributed by atoms with E-state index < -0.39 is 0 Å². The highest BCUT2D eigenvalue weighted by atomic mass is 79.9. The van der Waals surface area contributed by atoms with Crippen LogP contribution in [0.15, 0.2) is 4.47 Å². The van der Waals surface area contributed by atoms with Gasteiger partial charge in [0, 0.05) is 12.6 Å². The van der Waals surface area contributed by atoms with Gasteiger partial charge < -0.3 is 10.2 Å². The molecule has 2 rings (SSSR count). The van der Waals surface area contributed by atoms with Gasteiger partial charge in [-0.3, -0.25) is 9.89 Å². The predicted octanol–water partition coefficient (Wildman–Crippen LogP) is 3.32. The van der Waals surface area contributed by atoms with Crippen molar-refractivity contribution in [2.24, 2.45) is 0 Å². The molecular formula is C15H26BrClN4O. The number of amides is 1. The van der Waals surface area contributed by atoms with Crippen LogP contribution in [0.5, 0.6) is 0 Å². The number of nitrogens with zero attached hydrogens (tertiary/aromatic N) is 2. The number of H-pyrrole nitrogens is 1. The van der Waals surface area contributed by atoms with Gasteiger partial charge in [-0.05, 0) is 54.2 Å². The summed E-state index contributed by atoms with van der Waals surface area (Å²) in [6.45, 7) is 9.04. The van der Waals surface area contributed by atoms with Gasteiger partial charge in [0.05, 0.1) is 10.2 Å². The van der Waals surface area contributed by atoms with Crippen molar-refractivity contribution in [3.05, 3.63) is 15.9 Å². The van der Waals surface area contributed by atoms with Gasteiger partial charge in [0.15, 0.2) is 5.69 Å². The molecule has 0 aromatic carbocycles. The zero-order valence-corrected chi connectivity index (χ0v) is 15.9. The van der Waals surface area contributed by atoms with Gasteiger partial charge in [0.1, 0.15) is 0 Å². The quantitative estimate of drug-likeness (QED) is 0.806. The lowest BCUT2D eigenvalue weighted by Gasteiger charge is -2.34. The molecule has 1 aromatic rings. The van der Waals surface area contributed by atoms with Gasteiger partial charge in [0.2, 0.25) is 0 Å². The molecule has 22 heavy (non-hydrogen) atoms. The van der Waals surface area contributed by atoms with Gasteiger partial charge in [-0.25, -0.2) is 0 Å². The summed E-state index contributed by atoms with van der Waals surface area (Å²) in [6.07, 6.45) is 3.00. The highest BCUT2D eigenvalue weighted by Crippen LogP contribution is 2.27. The van der Waals surface area contributed by atoms with Crippen molar-refractivity contribution < 1.29 is 4.79 Å². The van der Waals surface area contributed by atoms with E-state index in [-0.39, 0.29) is 18.3 Å². The Hall–Kier alpha value is -0.590. The smallest absolute Gasteiger partial charge is 0.275 e. The molecule has 0 unspecified atom stereocenters. The first-order chi connectivity index (χ1) is 10.1. The first-order valence-electron chi connectivity index (χ1n) is 7.81. The monoisotopic (exact) mass is 392 g/mol. The molecule has 1 saturated heterocycles. The summed E-state index contributed by atoms with van der Waals surface area (Å²) in [5.41, 5.74) is 1.51. The van der Waals surface area contributed by atoms with Gasteiger partial charge in [-0.2, -0.15) is 5.10 Å². The Balaban J connectivity index is 0.00000242. The first kappa shape index (κ1) is 19.5. The summed E-state index contributed by atoms with van der Waals surface area (Å²) in [6, 6.07) is 0.324. The van der Waals surface area contributed by atoms with Crippen LogP contribution in [0.1, 0.15) is 62.1 Å². The molecule has 0 atom stereocenters. The minimum absolute atomic E-state index is 0. The van der Waals surface area contributed by atoms with Crippen LogP contribution in [0.25, 0.3) is 0 Å². The normalized spacial score (nSPS) is 15.7. The van der Waals surface area contributed by atoms with Crippen LogP contribution < -0.4 is 5.32 Å². The second-order valence-corrected chi connectivity index (χ2v) is 6.73. The molecule has 1 aliphatic heterocycles. The Morgan fingerprint density at radius 1 is 1.41 bits per heavy atom. The molecule has 1 aliphatic rings. The van der Waals surface area contributed by atoms with Crippen LogP contribution in [0.4, 0.5) is 0 Å². The van der Waals surface area contributed by atoms with E-state index in [1.54, 1.807) is 0 Å². The average molecular weight is 394 g/mol. The van der Waals surface area contributed by atoms with Crippen LogP contribution >= 0.6 is 28.3 Å². The number of nitrogens with one attached hydrogen (secondary N) is 2. The molecular weight excluding hydrogens is 368 g/mol. The van der Waals surface area contributed by atoms with Crippen molar-refractivity contribution in [3.63, 3.8) is 0 Å². The summed E-state index contributed by atoms with van der Waals surface area (Å²) in [7, 11) is 0. The van der Waals surface area contributed by atoms with Crippen molar-refractivity contribution in [2.45, 2.75) is 52.0 Å². The largest absolute Gasteiger partial charge is 0.334 e. The topological polar surface area (TPSA) is 61.0 Å². The lowest BCUT2D eigenvalue weighted by Crippen LogP contribution is -2.46. The summed E-state index contributed by atoms with van der Waals surface area (Å²) in [5, 5.41) is 10.6. The van der Waals surface area contributed by atoms with E-state index in [9.17, 15) is 4.79 Å². The van der Waals surface area contributed by atoms with E-state index in [2.05, 4.69) is 52.2 Å². The Morgan fingerprint density at radius 2 is 2.05 bits per heavy atom. The van der Waals surface area contributed by atoms with Crippen molar-refractivity contribution in [2.75, 3.05) is 19.6 Å². The number of carbonyl (C=O) groups excluding carboxylic acids is 1. The SMILES string of the molecule is CCCN(C(=O)c1n[nH]c(C(C)C)c1Br)C1CCNCC1.Cl. The van der Waals surface area contributed by atoms with E-state index >= 15 is 0 Å². The standard InChI is InChI=1S/C15H25BrN4O.ClH/c1-4-9-20(11-5-7-17-8-6-11)15(21)14-12(16)13(10(2)3)18-19-14;/h10-11,17H,4-9H2,1-3H3,(H,18,19);1H. The molecule has 0 aliphatic carbocycles. The number of aromatic nitrogens is 2. The highest BCUT2D eigenvalue weighted by molar-refractivity contribution is 9.10. The molecule has 126 valence electrons. The maximum atomic E-state index is 12.9. The first-order valence-corrected chi connectivity index (χ1v) is 8.61. The number of rotatable bonds is 5. The van der Waals surface area contributed by atoms with Crippen molar-refractivity contribution in [1.29, 1.82) is 0 Å². The summed E-state index contributed by atoms with van der Waals surface area (Å²) in [5.74, 6) is 0.353. The molecule has 1 amide bonds. The number of aromatic amines is 1. The Morgan fingerprint density at radius 3 is 2.55 bits per heavy atom. The molecule has 2 heterocycles. The van der Waals surface area contributed by atoms with E-state index in [1.807, 2.05) is 4.90 Å². The van der Waals surface area contributed by atoms with Crippen molar-refractivity contribution in [3.8, 4) is 0 Å². The third-order valence-corrected chi connectivity index (χ3v) is 4.79. The van der Waals surface area contributed by atoms with Crippen molar-refractivity contribution in [1.82, 2.24) is 20.4 Å². The molecule has 5 nitrogen and oxygen atoms in total. The third kappa shape index (κ3) is 4.24. The number of halogens is 2. The number of carbonyl (C=O) groups is 1. The molecule has 2 N–H and O–H groups in total. The fourth-order valence-electron chi connectivity index (χ4n) is 2.81. The maximum absolute atomic E-state index is 12.9. The molecule has 7 heteroatoms. The number of piperidine rings is 1. The van der Waals surface area contributed by atoms with Crippen molar-refractivity contribution >= 4 is 34.2 Å². The predicted molar refractivity (Wildman–Crippen MR) is 94.8 cm³/mol. The zero-order chi connectivity index (χ0) is 15.4. The van der Waals surface area contributed by atoms with E-state index in [0.29, 0.717) is 17.7 Å². The minimum Gasteiger partial charge on any atom is -0.334 e. The average Bonchev–Trinajstić information content (AvgIpc) is 2.87. The number of hydrogen-bond donors (Lipinski definition) is 2. The lowest BCUT2D eigenvalue weighted by molar-refractivity contribution is 0.0635. The van der Waals surface area contributed by atoms with Crippen LogP contribution in [0.3, 0.4) is 0 Å². The molecule has 1 aromatic heterocycles. The Bertz CT molecular complexity index is 486. The minimum atomic E-state index is 0. The second kappa shape index (κ2) is 8.89. The van der Waals surface area contributed by atoms with Crippen LogP contribution in [-0.2, 0) is 0 Å². The highest BCUT2D eigenvalue weighted by Gasteiger charge is 2.29. The van der Waals surface area contributed by atoms with E-state index in [4.69, 9.17) is 0 Å².